The molecular weight excluding hydrogens is 178 g/mol. The Morgan fingerprint density at radius 3 is 2.75 bits per heavy atom. The fraction of sp³-hybridized carbons (Fsp3) is 1.00. The molecule has 1 rings (SSSR count). The van der Waals surface area contributed by atoms with E-state index in [0.717, 1.165) is 25.6 Å². The average Bonchev–Trinajstić information content (AvgIpc) is 2.32. The van der Waals surface area contributed by atoms with Gasteiger partial charge in [0.1, 0.15) is 9.84 Å². The molecule has 2 atom stereocenters. The maximum atomic E-state index is 10.8. The minimum absolute atomic E-state index is 0.0280. The molecule has 0 spiro atoms. The molecule has 4 nitrogen and oxygen atoms in total. The molecule has 2 unspecified atom stereocenters. The predicted molar refractivity (Wildman–Crippen MR) is 46.7 cm³/mol. The van der Waals surface area contributed by atoms with Crippen molar-refractivity contribution in [3.8, 4) is 0 Å². The number of rotatable bonds is 3. The van der Waals surface area contributed by atoms with Crippen LogP contribution in [0.3, 0.4) is 0 Å². The highest BCUT2D eigenvalue weighted by Crippen LogP contribution is 2.10. The summed E-state index contributed by atoms with van der Waals surface area (Å²) in [6.07, 6.45) is 2.29. The summed E-state index contributed by atoms with van der Waals surface area (Å²) in [7, 11) is -3.05. The Morgan fingerprint density at radius 2 is 2.33 bits per heavy atom. The summed E-state index contributed by atoms with van der Waals surface area (Å²) in [5.41, 5.74) is 0. The molecule has 72 valence electrons. The van der Waals surface area contributed by atoms with Crippen molar-refractivity contribution in [3.63, 3.8) is 0 Å². The maximum absolute atomic E-state index is 10.8. The Balaban J connectivity index is 2.42. The van der Waals surface area contributed by atoms with Crippen molar-refractivity contribution >= 4 is 9.84 Å². The normalized spacial score (nSPS) is 27.3. The lowest BCUT2D eigenvalue weighted by Crippen LogP contribution is -2.39. The summed E-state index contributed by atoms with van der Waals surface area (Å²) >= 11 is 0. The number of nitrogens with one attached hydrogen (secondary N) is 1. The van der Waals surface area contributed by atoms with Crippen LogP contribution in [0.4, 0.5) is 0 Å². The first kappa shape index (κ1) is 9.95. The summed E-state index contributed by atoms with van der Waals surface area (Å²) in [6, 6.07) is -0.0280. The third-order valence-corrected chi connectivity index (χ3v) is 2.98. The Kier molecular flexibility index (Phi) is 3.09. The SMILES string of the molecule is CS(=O)(=O)CC(O)C1CCCN1. The lowest BCUT2D eigenvalue weighted by Gasteiger charge is -2.16. The molecule has 1 heterocycles. The highest BCUT2D eigenvalue weighted by molar-refractivity contribution is 7.90. The van der Waals surface area contributed by atoms with E-state index in [0.29, 0.717) is 0 Å². The molecule has 0 aromatic carbocycles. The summed E-state index contributed by atoms with van der Waals surface area (Å²) < 4.78 is 21.6. The van der Waals surface area contributed by atoms with Gasteiger partial charge in [0.2, 0.25) is 0 Å². The van der Waals surface area contributed by atoms with Crippen molar-refractivity contribution < 1.29 is 13.5 Å². The Morgan fingerprint density at radius 1 is 1.67 bits per heavy atom. The largest absolute Gasteiger partial charge is 0.390 e. The second kappa shape index (κ2) is 3.72. The van der Waals surface area contributed by atoms with E-state index in [-0.39, 0.29) is 11.8 Å². The summed E-state index contributed by atoms with van der Waals surface area (Å²) in [5, 5.41) is 12.5. The lowest BCUT2D eigenvalue weighted by molar-refractivity contribution is 0.157. The Hall–Kier alpha value is -0.130. The van der Waals surface area contributed by atoms with Crippen molar-refractivity contribution in [2.45, 2.75) is 25.0 Å². The van der Waals surface area contributed by atoms with Crippen molar-refractivity contribution in [2.24, 2.45) is 0 Å². The third kappa shape index (κ3) is 3.08. The van der Waals surface area contributed by atoms with E-state index in [4.69, 9.17) is 0 Å². The van der Waals surface area contributed by atoms with Gasteiger partial charge in [-0.15, -0.1) is 0 Å². The molecule has 0 bridgehead atoms. The summed E-state index contributed by atoms with van der Waals surface area (Å²) in [4.78, 5) is 0. The van der Waals surface area contributed by atoms with Crippen LogP contribution in [-0.2, 0) is 9.84 Å². The van der Waals surface area contributed by atoms with Crippen molar-refractivity contribution in [3.05, 3.63) is 0 Å². The topological polar surface area (TPSA) is 66.4 Å². The number of aliphatic hydroxyl groups is 1. The lowest BCUT2D eigenvalue weighted by atomic mass is 10.1. The third-order valence-electron chi connectivity index (χ3n) is 2.04. The van der Waals surface area contributed by atoms with Gasteiger partial charge in [-0.05, 0) is 19.4 Å². The molecule has 0 aromatic rings. The number of hydrogen-bond acceptors (Lipinski definition) is 4. The van der Waals surface area contributed by atoms with Crippen molar-refractivity contribution in [2.75, 3.05) is 18.6 Å². The molecular formula is C7H15NO3S. The van der Waals surface area contributed by atoms with Gasteiger partial charge in [-0.3, -0.25) is 0 Å². The van der Waals surface area contributed by atoms with Crippen LogP contribution in [0.1, 0.15) is 12.8 Å². The Bertz CT molecular complexity index is 231. The minimum atomic E-state index is -3.05. The molecule has 1 aliphatic rings. The molecule has 5 heteroatoms. The van der Waals surface area contributed by atoms with Crippen LogP contribution in [-0.4, -0.2) is 44.2 Å². The molecule has 0 aromatic heterocycles. The van der Waals surface area contributed by atoms with Crippen LogP contribution >= 0.6 is 0 Å². The number of hydrogen-bond donors (Lipinski definition) is 2. The van der Waals surface area contributed by atoms with Crippen LogP contribution in [0.15, 0.2) is 0 Å². The van der Waals surface area contributed by atoms with Gasteiger partial charge in [-0.1, -0.05) is 0 Å². The maximum Gasteiger partial charge on any atom is 0.150 e. The van der Waals surface area contributed by atoms with E-state index in [2.05, 4.69) is 5.32 Å². The molecule has 0 saturated carbocycles. The van der Waals surface area contributed by atoms with Gasteiger partial charge >= 0.3 is 0 Å². The van der Waals surface area contributed by atoms with Gasteiger partial charge in [0.25, 0.3) is 0 Å². The first-order valence-corrected chi connectivity index (χ1v) is 6.14. The van der Waals surface area contributed by atoms with Crippen molar-refractivity contribution in [1.82, 2.24) is 5.32 Å². The van der Waals surface area contributed by atoms with Gasteiger partial charge in [-0.2, -0.15) is 0 Å². The molecule has 0 aliphatic carbocycles. The number of sulfone groups is 1. The summed E-state index contributed by atoms with van der Waals surface area (Å²) in [6.45, 7) is 0.880. The minimum Gasteiger partial charge on any atom is -0.390 e. The number of aliphatic hydroxyl groups excluding tert-OH is 1. The van der Waals surface area contributed by atoms with Gasteiger partial charge in [0.05, 0.1) is 11.9 Å². The van der Waals surface area contributed by atoms with Crippen LogP contribution in [0, 0.1) is 0 Å². The first-order valence-electron chi connectivity index (χ1n) is 4.08. The van der Waals surface area contributed by atoms with Gasteiger partial charge in [0.15, 0.2) is 0 Å². The summed E-state index contributed by atoms with van der Waals surface area (Å²) in [5.74, 6) is -0.134. The van der Waals surface area contributed by atoms with E-state index < -0.39 is 15.9 Å². The molecule has 12 heavy (non-hydrogen) atoms. The Labute approximate surface area is 72.9 Å². The highest BCUT2D eigenvalue weighted by Gasteiger charge is 2.25. The van der Waals surface area contributed by atoms with Crippen LogP contribution < -0.4 is 5.32 Å². The van der Waals surface area contributed by atoms with Crippen LogP contribution in [0.25, 0.3) is 0 Å². The molecule has 0 amide bonds. The van der Waals surface area contributed by atoms with Gasteiger partial charge < -0.3 is 10.4 Å². The molecule has 0 radical (unpaired) electrons. The standard InChI is InChI=1S/C7H15NO3S/c1-12(10,11)5-7(9)6-3-2-4-8-6/h6-9H,2-5H2,1H3. The van der Waals surface area contributed by atoms with E-state index in [1.165, 1.54) is 0 Å². The quantitative estimate of drug-likeness (QED) is 0.612. The van der Waals surface area contributed by atoms with E-state index in [1.54, 1.807) is 0 Å². The second-order valence-electron chi connectivity index (χ2n) is 3.36. The van der Waals surface area contributed by atoms with Crippen LogP contribution in [0.5, 0.6) is 0 Å². The highest BCUT2D eigenvalue weighted by atomic mass is 32.2. The van der Waals surface area contributed by atoms with Gasteiger partial charge in [-0.25, -0.2) is 8.42 Å². The molecule has 1 saturated heterocycles. The molecule has 1 fully saturated rings. The first-order chi connectivity index (χ1) is 5.49. The van der Waals surface area contributed by atoms with E-state index >= 15 is 0 Å². The zero-order valence-electron chi connectivity index (χ0n) is 7.16. The zero-order chi connectivity index (χ0) is 9.19. The fourth-order valence-corrected chi connectivity index (χ4v) is 2.32. The smallest absolute Gasteiger partial charge is 0.150 e. The van der Waals surface area contributed by atoms with Crippen LogP contribution in [0.2, 0.25) is 0 Å². The monoisotopic (exact) mass is 193 g/mol. The average molecular weight is 193 g/mol. The van der Waals surface area contributed by atoms with Crippen molar-refractivity contribution in [1.29, 1.82) is 0 Å². The van der Waals surface area contributed by atoms with Gasteiger partial charge in [0, 0.05) is 12.3 Å². The van der Waals surface area contributed by atoms with E-state index in [1.807, 2.05) is 0 Å². The molecule has 1 aliphatic heterocycles. The fourth-order valence-electron chi connectivity index (χ4n) is 1.47. The molecule has 2 N–H and O–H groups in total. The zero-order valence-corrected chi connectivity index (χ0v) is 7.97. The van der Waals surface area contributed by atoms with E-state index in [9.17, 15) is 13.5 Å². The predicted octanol–water partition coefficient (Wildman–Crippen LogP) is -0.856. The second-order valence-corrected chi connectivity index (χ2v) is 5.55.